The lowest BCUT2D eigenvalue weighted by Gasteiger charge is -2.21. The second kappa shape index (κ2) is 11.1. The Balaban J connectivity index is 2.00. The Labute approximate surface area is 172 Å². The van der Waals surface area contributed by atoms with Gasteiger partial charge in [0.25, 0.3) is 11.8 Å². The van der Waals surface area contributed by atoms with Crippen molar-refractivity contribution in [2.24, 2.45) is 0 Å². The van der Waals surface area contributed by atoms with Crippen LogP contribution >= 0.6 is 0 Å². The van der Waals surface area contributed by atoms with E-state index in [1.54, 1.807) is 37.4 Å². The van der Waals surface area contributed by atoms with E-state index >= 15 is 0 Å². The second-order valence-corrected chi connectivity index (χ2v) is 6.29. The number of hydrazine groups is 1. The molecule has 0 fully saturated rings. The molecular formula is C22H29N3O4. The molecule has 0 aliphatic rings. The Morgan fingerprint density at radius 2 is 1.48 bits per heavy atom. The van der Waals surface area contributed by atoms with Gasteiger partial charge in [0.15, 0.2) is 0 Å². The van der Waals surface area contributed by atoms with E-state index in [0.717, 1.165) is 24.3 Å². The normalized spacial score (nSPS) is 10.3. The van der Waals surface area contributed by atoms with E-state index in [2.05, 4.69) is 29.6 Å². The van der Waals surface area contributed by atoms with Crippen LogP contribution in [0.3, 0.4) is 0 Å². The Morgan fingerprint density at radius 3 is 2.03 bits per heavy atom. The standard InChI is InChI=1S/C22H29N3O4/c1-5-25(6-2)19-11-8-16(9-12-19)21(26)23-24-22(27)17-10-13-20(28-4)18(14-17)15-29-7-3/h8-14H,5-7,15H2,1-4H3,(H,23,26)(H,24,27). The van der Waals surface area contributed by atoms with E-state index < -0.39 is 5.91 Å². The zero-order valence-corrected chi connectivity index (χ0v) is 17.5. The smallest absolute Gasteiger partial charge is 0.269 e. The van der Waals surface area contributed by atoms with Crippen molar-refractivity contribution < 1.29 is 19.1 Å². The van der Waals surface area contributed by atoms with Crippen molar-refractivity contribution in [1.29, 1.82) is 0 Å². The van der Waals surface area contributed by atoms with Gasteiger partial charge in [0.1, 0.15) is 5.75 Å². The number of nitrogens with zero attached hydrogens (tertiary/aromatic N) is 1. The first-order valence-corrected chi connectivity index (χ1v) is 9.74. The van der Waals surface area contributed by atoms with Crippen LogP contribution in [-0.4, -0.2) is 38.6 Å². The van der Waals surface area contributed by atoms with E-state index in [1.807, 2.05) is 19.1 Å². The lowest BCUT2D eigenvalue weighted by atomic mass is 10.1. The molecule has 0 heterocycles. The molecule has 0 saturated carbocycles. The van der Waals surface area contributed by atoms with Crippen molar-refractivity contribution in [3.8, 4) is 5.75 Å². The predicted molar refractivity (Wildman–Crippen MR) is 113 cm³/mol. The van der Waals surface area contributed by atoms with Crippen LogP contribution in [-0.2, 0) is 11.3 Å². The zero-order valence-electron chi connectivity index (χ0n) is 17.5. The lowest BCUT2D eigenvalue weighted by molar-refractivity contribution is 0.0846. The van der Waals surface area contributed by atoms with Crippen LogP contribution in [0.15, 0.2) is 42.5 Å². The number of hydrogen-bond acceptors (Lipinski definition) is 5. The third-order valence-corrected chi connectivity index (χ3v) is 4.55. The first-order valence-electron chi connectivity index (χ1n) is 9.74. The molecule has 29 heavy (non-hydrogen) atoms. The van der Waals surface area contributed by atoms with Gasteiger partial charge in [-0.2, -0.15) is 0 Å². The fourth-order valence-corrected chi connectivity index (χ4v) is 2.91. The van der Waals surface area contributed by atoms with Crippen LogP contribution in [0.25, 0.3) is 0 Å². The average Bonchev–Trinajstić information content (AvgIpc) is 2.76. The first kappa shape index (κ1) is 22.2. The average molecular weight is 399 g/mol. The highest BCUT2D eigenvalue weighted by Gasteiger charge is 2.13. The number of carbonyl (C=O) groups excluding carboxylic acids is 2. The fourth-order valence-electron chi connectivity index (χ4n) is 2.91. The van der Waals surface area contributed by atoms with Gasteiger partial charge < -0.3 is 14.4 Å². The molecule has 2 aromatic carbocycles. The second-order valence-electron chi connectivity index (χ2n) is 6.29. The molecule has 0 atom stereocenters. The molecule has 2 aromatic rings. The monoisotopic (exact) mass is 399 g/mol. The summed E-state index contributed by atoms with van der Waals surface area (Å²) in [5, 5.41) is 0. The molecule has 156 valence electrons. The lowest BCUT2D eigenvalue weighted by Crippen LogP contribution is -2.41. The maximum atomic E-state index is 12.4. The topological polar surface area (TPSA) is 79.9 Å². The predicted octanol–water partition coefficient (Wildman–Crippen LogP) is 3.15. The largest absolute Gasteiger partial charge is 0.496 e. The molecule has 0 spiro atoms. The van der Waals surface area contributed by atoms with Gasteiger partial charge in [-0.1, -0.05) is 0 Å². The van der Waals surface area contributed by atoms with Crippen molar-refractivity contribution in [3.63, 3.8) is 0 Å². The molecule has 0 unspecified atom stereocenters. The molecule has 2 rings (SSSR count). The van der Waals surface area contributed by atoms with Crippen molar-refractivity contribution >= 4 is 17.5 Å². The number of nitrogens with one attached hydrogen (secondary N) is 2. The Hall–Kier alpha value is -3.06. The van der Waals surface area contributed by atoms with Crippen molar-refractivity contribution in [2.45, 2.75) is 27.4 Å². The molecule has 0 aromatic heterocycles. The van der Waals surface area contributed by atoms with E-state index in [9.17, 15) is 9.59 Å². The molecule has 0 aliphatic heterocycles. The molecule has 0 saturated heterocycles. The summed E-state index contributed by atoms with van der Waals surface area (Å²) in [5.41, 5.74) is 7.58. The van der Waals surface area contributed by atoms with E-state index in [1.165, 1.54) is 0 Å². The van der Waals surface area contributed by atoms with Crippen LogP contribution in [0.5, 0.6) is 5.75 Å². The Kier molecular flexibility index (Phi) is 8.48. The summed E-state index contributed by atoms with van der Waals surface area (Å²) in [5.74, 6) is -0.154. The van der Waals surface area contributed by atoms with Crippen LogP contribution in [0.2, 0.25) is 0 Å². The third kappa shape index (κ3) is 5.96. The van der Waals surface area contributed by atoms with Gasteiger partial charge in [-0.05, 0) is 63.2 Å². The van der Waals surface area contributed by atoms with Gasteiger partial charge in [0.2, 0.25) is 0 Å². The van der Waals surface area contributed by atoms with Crippen molar-refractivity contribution in [1.82, 2.24) is 10.9 Å². The van der Waals surface area contributed by atoms with Crippen LogP contribution in [0, 0.1) is 0 Å². The summed E-state index contributed by atoms with van der Waals surface area (Å²) in [7, 11) is 1.57. The maximum absolute atomic E-state index is 12.4. The number of anilines is 1. The number of methoxy groups -OCH3 is 1. The zero-order chi connectivity index (χ0) is 21.2. The molecule has 2 amide bonds. The quantitative estimate of drug-likeness (QED) is 0.633. The maximum Gasteiger partial charge on any atom is 0.269 e. The van der Waals surface area contributed by atoms with Crippen molar-refractivity contribution in [2.75, 3.05) is 31.7 Å². The number of carbonyl (C=O) groups is 2. The van der Waals surface area contributed by atoms with Gasteiger partial charge in [0, 0.05) is 42.1 Å². The minimum atomic E-state index is -0.418. The van der Waals surface area contributed by atoms with Crippen molar-refractivity contribution in [3.05, 3.63) is 59.2 Å². The molecular weight excluding hydrogens is 370 g/mol. The minimum Gasteiger partial charge on any atom is -0.496 e. The van der Waals surface area contributed by atoms with E-state index in [4.69, 9.17) is 9.47 Å². The van der Waals surface area contributed by atoms with E-state index in [0.29, 0.717) is 30.1 Å². The van der Waals surface area contributed by atoms with Gasteiger partial charge >= 0.3 is 0 Å². The highest BCUT2D eigenvalue weighted by molar-refractivity contribution is 5.99. The van der Waals surface area contributed by atoms with Gasteiger partial charge in [0.05, 0.1) is 13.7 Å². The number of hydrogen-bond donors (Lipinski definition) is 2. The van der Waals surface area contributed by atoms with Gasteiger partial charge in [-0.15, -0.1) is 0 Å². The molecule has 7 heteroatoms. The summed E-state index contributed by atoms with van der Waals surface area (Å²) in [6, 6.07) is 12.3. The Morgan fingerprint density at radius 1 is 0.897 bits per heavy atom. The minimum absolute atomic E-state index is 0.339. The summed E-state index contributed by atoms with van der Waals surface area (Å²) in [6.07, 6.45) is 0. The number of benzene rings is 2. The van der Waals surface area contributed by atoms with Gasteiger partial charge in [-0.25, -0.2) is 0 Å². The summed E-state index contributed by atoms with van der Waals surface area (Å²) in [6.45, 7) is 8.75. The van der Waals surface area contributed by atoms with Crippen LogP contribution in [0.4, 0.5) is 5.69 Å². The summed E-state index contributed by atoms with van der Waals surface area (Å²) in [4.78, 5) is 26.9. The summed E-state index contributed by atoms with van der Waals surface area (Å²) < 4.78 is 10.7. The SMILES string of the molecule is CCOCc1cc(C(=O)NNC(=O)c2ccc(N(CC)CC)cc2)ccc1OC. The number of ether oxygens (including phenoxy) is 2. The molecule has 0 aliphatic carbocycles. The van der Waals surface area contributed by atoms with Crippen LogP contribution in [0.1, 0.15) is 47.1 Å². The molecule has 0 radical (unpaired) electrons. The number of amides is 2. The highest BCUT2D eigenvalue weighted by atomic mass is 16.5. The third-order valence-electron chi connectivity index (χ3n) is 4.55. The van der Waals surface area contributed by atoms with Crippen LogP contribution < -0.4 is 20.5 Å². The molecule has 7 nitrogen and oxygen atoms in total. The first-order chi connectivity index (χ1) is 14.0. The fraction of sp³-hybridized carbons (Fsp3) is 0.364. The Bertz CT molecular complexity index is 817. The highest BCUT2D eigenvalue weighted by Crippen LogP contribution is 2.21. The van der Waals surface area contributed by atoms with Gasteiger partial charge in [-0.3, -0.25) is 20.4 Å². The van der Waals surface area contributed by atoms with E-state index in [-0.39, 0.29) is 5.91 Å². The molecule has 0 bridgehead atoms. The number of rotatable bonds is 9. The summed E-state index contributed by atoms with van der Waals surface area (Å²) >= 11 is 0. The molecule has 2 N–H and O–H groups in total.